The second-order valence-electron chi connectivity index (χ2n) is 4.10. The molecule has 0 unspecified atom stereocenters. The molecule has 0 bridgehead atoms. The summed E-state index contributed by atoms with van der Waals surface area (Å²) in [5, 5.41) is 2.62. The van der Waals surface area contributed by atoms with Crippen molar-refractivity contribution < 1.29 is 9.53 Å². The summed E-state index contributed by atoms with van der Waals surface area (Å²) >= 11 is 0. The summed E-state index contributed by atoms with van der Waals surface area (Å²) in [7, 11) is 1.64. The van der Waals surface area contributed by atoms with Gasteiger partial charge < -0.3 is 10.1 Å². The molecule has 1 N–H and O–H groups in total. The van der Waals surface area contributed by atoms with Gasteiger partial charge in [0, 0.05) is 32.2 Å². The quantitative estimate of drug-likeness (QED) is 0.834. The van der Waals surface area contributed by atoms with Crippen molar-refractivity contribution in [3.63, 3.8) is 0 Å². The van der Waals surface area contributed by atoms with Gasteiger partial charge in [-0.25, -0.2) is 0 Å². The smallest absolute Gasteiger partial charge is 0.251 e. The summed E-state index contributed by atoms with van der Waals surface area (Å²) < 4.78 is 5.30. The zero-order valence-electron chi connectivity index (χ0n) is 10.0. The van der Waals surface area contributed by atoms with Gasteiger partial charge in [0.25, 0.3) is 5.91 Å². The Morgan fingerprint density at radius 3 is 2.94 bits per heavy atom. The molecule has 1 radical (unpaired) electrons. The van der Waals surface area contributed by atoms with Gasteiger partial charge in [0.1, 0.15) is 0 Å². The van der Waals surface area contributed by atoms with E-state index in [4.69, 9.17) is 4.74 Å². The molecule has 1 heterocycles. The maximum absolute atomic E-state index is 11.5. The highest BCUT2D eigenvalue weighted by molar-refractivity contribution is 5.94. The molecule has 1 fully saturated rings. The molecule has 17 heavy (non-hydrogen) atoms. The summed E-state index contributed by atoms with van der Waals surface area (Å²) in [5.74, 6) is -0.0647. The van der Waals surface area contributed by atoms with E-state index >= 15 is 0 Å². The Balaban J connectivity index is 2.02. The lowest BCUT2D eigenvalue weighted by Gasteiger charge is -2.26. The van der Waals surface area contributed by atoms with Crippen molar-refractivity contribution in [2.75, 3.05) is 33.4 Å². The lowest BCUT2D eigenvalue weighted by atomic mass is 10.1. The van der Waals surface area contributed by atoms with Gasteiger partial charge in [0.2, 0.25) is 0 Å². The maximum Gasteiger partial charge on any atom is 0.251 e. The lowest BCUT2D eigenvalue weighted by molar-refractivity contribution is 0.0342. The van der Waals surface area contributed by atoms with Crippen LogP contribution in [0.15, 0.2) is 18.2 Å². The number of hydrogen-bond donors (Lipinski definition) is 1. The minimum atomic E-state index is -0.0647. The Hall–Kier alpha value is -1.39. The normalized spacial score (nSPS) is 16.8. The topological polar surface area (TPSA) is 41.6 Å². The Morgan fingerprint density at radius 2 is 2.24 bits per heavy atom. The zero-order chi connectivity index (χ0) is 12.1. The molecule has 4 heteroatoms. The fourth-order valence-corrected chi connectivity index (χ4v) is 1.91. The van der Waals surface area contributed by atoms with E-state index in [9.17, 15) is 4.79 Å². The molecule has 0 aromatic heterocycles. The van der Waals surface area contributed by atoms with E-state index in [2.05, 4.69) is 16.3 Å². The van der Waals surface area contributed by atoms with E-state index in [0.29, 0.717) is 5.56 Å². The molecule has 1 aliphatic heterocycles. The number of carbonyl (C=O) groups is 1. The molecule has 1 aliphatic rings. The molecule has 0 spiro atoms. The van der Waals surface area contributed by atoms with Crippen molar-refractivity contribution in [2.45, 2.75) is 6.54 Å². The predicted octanol–water partition coefficient (Wildman–Crippen LogP) is 0.679. The Bertz CT molecular complexity index is 387. The minimum Gasteiger partial charge on any atom is -0.379 e. The van der Waals surface area contributed by atoms with Gasteiger partial charge in [-0.1, -0.05) is 0 Å². The highest BCUT2D eigenvalue weighted by Gasteiger charge is 2.11. The minimum absolute atomic E-state index is 0.0647. The van der Waals surface area contributed by atoms with Crippen LogP contribution in [0.5, 0.6) is 0 Å². The van der Waals surface area contributed by atoms with Crippen LogP contribution in [0.25, 0.3) is 0 Å². The summed E-state index contributed by atoms with van der Waals surface area (Å²) in [6.07, 6.45) is 0. The number of nitrogens with one attached hydrogen (secondary N) is 1. The first-order valence-electron chi connectivity index (χ1n) is 5.82. The van der Waals surface area contributed by atoms with Gasteiger partial charge in [-0.15, -0.1) is 0 Å². The molecule has 91 valence electrons. The van der Waals surface area contributed by atoms with Crippen LogP contribution in [0, 0.1) is 6.07 Å². The van der Waals surface area contributed by atoms with Crippen molar-refractivity contribution in [1.29, 1.82) is 0 Å². The third kappa shape index (κ3) is 3.28. The molecular formula is C13H17N2O2. The Morgan fingerprint density at radius 1 is 1.47 bits per heavy atom. The number of morpholine rings is 1. The average Bonchev–Trinajstić information content (AvgIpc) is 2.39. The van der Waals surface area contributed by atoms with Crippen molar-refractivity contribution in [1.82, 2.24) is 10.2 Å². The Kier molecular flexibility index (Phi) is 4.12. The number of rotatable bonds is 3. The standard InChI is InChI=1S/C13H17N2O2/c1-14-13(16)12-4-2-3-11(9-12)10-15-5-7-17-8-6-15/h3-4,9H,5-8,10H2,1H3,(H,14,16). The molecular weight excluding hydrogens is 216 g/mol. The molecule has 1 saturated heterocycles. The third-order valence-electron chi connectivity index (χ3n) is 2.85. The van der Waals surface area contributed by atoms with Gasteiger partial charge in [0.05, 0.1) is 13.2 Å². The molecule has 1 aromatic carbocycles. The largest absolute Gasteiger partial charge is 0.379 e. The number of hydrogen-bond acceptors (Lipinski definition) is 3. The zero-order valence-corrected chi connectivity index (χ0v) is 10.0. The Labute approximate surface area is 102 Å². The number of amides is 1. The highest BCUT2D eigenvalue weighted by Crippen LogP contribution is 2.09. The van der Waals surface area contributed by atoms with Crippen molar-refractivity contribution in [2.24, 2.45) is 0 Å². The van der Waals surface area contributed by atoms with Crippen molar-refractivity contribution in [3.8, 4) is 0 Å². The van der Waals surface area contributed by atoms with Crippen LogP contribution in [-0.4, -0.2) is 44.2 Å². The highest BCUT2D eigenvalue weighted by atomic mass is 16.5. The number of nitrogens with zero attached hydrogens (tertiary/aromatic N) is 1. The van der Waals surface area contributed by atoms with Gasteiger partial charge in [-0.05, 0) is 29.8 Å². The van der Waals surface area contributed by atoms with E-state index in [1.54, 1.807) is 13.1 Å². The molecule has 1 amide bonds. The number of carbonyl (C=O) groups excluding carboxylic acids is 1. The van der Waals surface area contributed by atoms with E-state index in [1.165, 1.54) is 0 Å². The molecule has 2 rings (SSSR count). The van der Waals surface area contributed by atoms with Gasteiger partial charge in [0.15, 0.2) is 0 Å². The van der Waals surface area contributed by atoms with Crippen LogP contribution in [0.2, 0.25) is 0 Å². The fourth-order valence-electron chi connectivity index (χ4n) is 1.91. The SMILES string of the molecule is CNC(=O)c1c[c]cc(CN2CCOCC2)c1. The fraction of sp³-hybridized carbons (Fsp3) is 0.462. The van der Waals surface area contributed by atoms with Crippen LogP contribution in [0.1, 0.15) is 15.9 Å². The molecule has 0 saturated carbocycles. The van der Waals surface area contributed by atoms with Gasteiger partial charge in [-0.3, -0.25) is 9.69 Å². The van der Waals surface area contributed by atoms with Crippen LogP contribution in [0.4, 0.5) is 0 Å². The predicted molar refractivity (Wildman–Crippen MR) is 64.8 cm³/mol. The van der Waals surface area contributed by atoms with E-state index in [0.717, 1.165) is 38.4 Å². The van der Waals surface area contributed by atoms with E-state index in [-0.39, 0.29) is 5.91 Å². The molecule has 0 atom stereocenters. The second kappa shape index (κ2) is 5.80. The third-order valence-corrected chi connectivity index (χ3v) is 2.85. The molecule has 4 nitrogen and oxygen atoms in total. The summed E-state index contributed by atoms with van der Waals surface area (Å²) in [4.78, 5) is 13.8. The second-order valence-corrected chi connectivity index (χ2v) is 4.10. The van der Waals surface area contributed by atoms with Crippen LogP contribution >= 0.6 is 0 Å². The van der Waals surface area contributed by atoms with Crippen LogP contribution < -0.4 is 5.32 Å². The average molecular weight is 233 g/mol. The number of ether oxygens (including phenoxy) is 1. The molecule has 1 aromatic rings. The number of benzene rings is 1. The summed E-state index contributed by atoms with van der Waals surface area (Å²) in [6.45, 7) is 4.33. The first-order chi connectivity index (χ1) is 8.29. The van der Waals surface area contributed by atoms with Crippen LogP contribution in [-0.2, 0) is 11.3 Å². The first-order valence-corrected chi connectivity index (χ1v) is 5.82. The molecule has 0 aliphatic carbocycles. The van der Waals surface area contributed by atoms with Crippen LogP contribution in [0.3, 0.4) is 0 Å². The van der Waals surface area contributed by atoms with Crippen molar-refractivity contribution >= 4 is 5.91 Å². The van der Waals surface area contributed by atoms with E-state index in [1.807, 2.05) is 12.1 Å². The van der Waals surface area contributed by atoms with Crippen molar-refractivity contribution in [3.05, 3.63) is 35.4 Å². The van der Waals surface area contributed by atoms with E-state index < -0.39 is 0 Å². The lowest BCUT2D eigenvalue weighted by Crippen LogP contribution is -2.35. The summed E-state index contributed by atoms with van der Waals surface area (Å²) in [5.41, 5.74) is 1.78. The summed E-state index contributed by atoms with van der Waals surface area (Å²) in [6, 6.07) is 8.58. The van der Waals surface area contributed by atoms with Gasteiger partial charge >= 0.3 is 0 Å². The first kappa shape index (κ1) is 12.1. The maximum atomic E-state index is 11.5. The monoisotopic (exact) mass is 233 g/mol. The van der Waals surface area contributed by atoms with Gasteiger partial charge in [-0.2, -0.15) is 0 Å².